The van der Waals surface area contributed by atoms with E-state index in [0.717, 1.165) is 0 Å². The van der Waals surface area contributed by atoms with Crippen molar-refractivity contribution in [1.29, 1.82) is 5.41 Å². The molecule has 0 spiro atoms. The fourth-order valence-corrected chi connectivity index (χ4v) is 1.24. The van der Waals surface area contributed by atoms with Gasteiger partial charge in [0.2, 0.25) is 0 Å². The standard InChI is InChI=1S/C10H15N3O2/c1-6(11)7-5-13(10(2,3)4)9(15)12-8(7)14/h5,11H,1-4H3,(H,12,14,15). The average Bonchev–Trinajstić information content (AvgIpc) is 2.00. The molecule has 1 rings (SSSR count). The van der Waals surface area contributed by atoms with E-state index in [4.69, 9.17) is 5.41 Å². The molecule has 0 radical (unpaired) electrons. The molecule has 0 fully saturated rings. The van der Waals surface area contributed by atoms with E-state index >= 15 is 0 Å². The quantitative estimate of drug-likeness (QED) is 0.667. The SMILES string of the molecule is CC(=N)c1cn(C(C)(C)C)c(=O)[nH]c1=O. The third-order valence-corrected chi connectivity index (χ3v) is 2.07. The van der Waals surface area contributed by atoms with E-state index in [1.165, 1.54) is 17.7 Å². The molecule has 0 aliphatic heterocycles. The summed E-state index contributed by atoms with van der Waals surface area (Å²) in [5, 5.41) is 7.41. The van der Waals surface area contributed by atoms with Crippen LogP contribution >= 0.6 is 0 Å². The van der Waals surface area contributed by atoms with Crippen LogP contribution in [0.4, 0.5) is 0 Å². The Bertz CT molecular complexity index is 503. The van der Waals surface area contributed by atoms with E-state index in [0.29, 0.717) is 0 Å². The van der Waals surface area contributed by atoms with Gasteiger partial charge < -0.3 is 5.41 Å². The van der Waals surface area contributed by atoms with Crippen molar-refractivity contribution in [3.8, 4) is 0 Å². The van der Waals surface area contributed by atoms with Crippen molar-refractivity contribution in [3.63, 3.8) is 0 Å². The Morgan fingerprint density at radius 1 is 1.40 bits per heavy atom. The summed E-state index contributed by atoms with van der Waals surface area (Å²) in [6.45, 7) is 7.09. The van der Waals surface area contributed by atoms with Crippen LogP contribution in [0, 0.1) is 5.41 Å². The van der Waals surface area contributed by atoms with Crippen molar-refractivity contribution < 1.29 is 0 Å². The van der Waals surface area contributed by atoms with Gasteiger partial charge in [0.25, 0.3) is 5.56 Å². The molecule has 15 heavy (non-hydrogen) atoms. The summed E-state index contributed by atoms with van der Waals surface area (Å²) in [7, 11) is 0. The lowest BCUT2D eigenvalue weighted by Gasteiger charge is -2.22. The predicted octanol–water partition coefficient (Wildman–Crippen LogP) is 0.679. The molecule has 1 heterocycles. The van der Waals surface area contributed by atoms with Crippen LogP contribution in [0.3, 0.4) is 0 Å². The zero-order valence-electron chi connectivity index (χ0n) is 9.34. The summed E-state index contributed by atoms with van der Waals surface area (Å²) in [5.74, 6) is 0. The maximum Gasteiger partial charge on any atom is 0.328 e. The van der Waals surface area contributed by atoms with Gasteiger partial charge in [-0.15, -0.1) is 0 Å². The molecular weight excluding hydrogens is 194 g/mol. The topological polar surface area (TPSA) is 78.7 Å². The minimum Gasteiger partial charge on any atom is -0.305 e. The zero-order chi connectivity index (χ0) is 11.8. The summed E-state index contributed by atoms with van der Waals surface area (Å²) in [5.41, 5.74) is -0.991. The van der Waals surface area contributed by atoms with Gasteiger partial charge in [-0.1, -0.05) is 0 Å². The highest BCUT2D eigenvalue weighted by atomic mass is 16.2. The molecule has 0 atom stereocenters. The van der Waals surface area contributed by atoms with Gasteiger partial charge in [-0.05, 0) is 27.7 Å². The predicted molar refractivity (Wildman–Crippen MR) is 58.8 cm³/mol. The van der Waals surface area contributed by atoms with Crippen LogP contribution in [-0.4, -0.2) is 15.3 Å². The fourth-order valence-electron chi connectivity index (χ4n) is 1.24. The first-order chi connectivity index (χ1) is 6.73. The van der Waals surface area contributed by atoms with E-state index in [9.17, 15) is 9.59 Å². The molecule has 0 amide bonds. The van der Waals surface area contributed by atoms with Crippen LogP contribution in [0.5, 0.6) is 0 Å². The highest BCUT2D eigenvalue weighted by molar-refractivity contribution is 5.95. The van der Waals surface area contributed by atoms with E-state index in [1.54, 1.807) is 0 Å². The molecule has 1 aromatic heterocycles. The van der Waals surface area contributed by atoms with Gasteiger partial charge in [0.1, 0.15) is 0 Å². The molecule has 0 aliphatic carbocycles. The van der Waals surface area contributed by atoms with Crippen molar-refractivity contribution >= 4 is 5.71 Å². The lowest BCUT2D eigenvalue weighted by Crippen LogP contribution is -2.40. The van der Waals surface area contributed by atoms with Crippen molar-refractivity contribution in [2.24, 2.45) is 0 Å². The van der Waals surface area contributed by atoms with Crippen molar-refractivity contribution in [3.05, 3.63) is 32.6 Å². The molecule has 5 nitrogen and oxygen atoms in total. The maximum atomic E-state index is 11.5. The Kier molecular flexibility index (Phi) is 2.66. The lowest BCUT2D eigenvalue weighted by atomic mass is 10.1. The molecular formula is C10H15N3O2. The normalized spacial score (nSPS) is 11.5. The van der Waals surface area contributed by atoms with E-state index in [-0.39, 0.29) is 11.3 Å². The number of H-pyrrole nitrogens is 1. The number of hydrogen-bond acceptors (Lipinski definition) is 3. The van der Waals surface area contributed by atoms with Gasteiger partial charge in [0.05, 0.1) is 5.56 Å². The Morgan fingerprint density at radius 2 is 1.93 bits per heavy atom. The Balaban J connectivity index is 3.58. The first-order valence-electron chi connectivity index (χ1n) is 4.65. The van der Waals surface area contributed by atoms with E-state index in [1.807, 2.05) is 20.8 Å². The summed E-state index contributed by atoms with van der Waals surface area (Å²) in [4.78, 5) is 25.1. The highest BCUT2D eigenvalue weighted by Gasteiger charge is 2.16. The molecule has 0 aromatic carbocycles. The first-order valence-corrected chi connectivity index (χ1v) is 4.65. The van der Waals surface area contributed by atoms with Crippen LogP contribution in [0.15, 0.2) is 15.8 Å². The monoisotopic (exact) mass is 209 g/mol. The number of aromatic nitrogens is 2. The second-order valence-corrected chi connectivity index (χ2v) is 4.47. The maximum absolute atomic E-state index is 11.5. The summed E-state index contributed by atoms with van der Waals surface area (Å²) >= 11 is 0. The van der Waals surface area contributed by atoms with Gasteiger partial charge in [-0.2, -0.15) is 0 Å². The third kappa shape index (κ3) is 2.23. The average molecular weight is 209 g/mol. The van der Waals surface area contributed by atoms with Crippen molar-refractivity contribution in [2.45, 2.75) is 33.2 Å². The molecule has 0 saturated carbocycles. The number of nitrogens with zero attached hydrogens (tertiary/aromatic N) is 1. The van der Waals surface area contributed by atoms with Gasteiger partial charge in [-0.25, -0.2) is 4.79 Å². The van der Waals surface area contributed by atoms with Crippen LogP contribution in [0.2, 0.25) is 0 Å². The molecule has 5 heteroatoms. The molecule has 0 bridgehead atoms. The van der Waals surface area contributed by atoms with Gasteiger partial charge in [-0.3, -0.25) is 14.3 Å². The number of nitrogens with one attached hydrogen (secondary N) is 2. The fraction of sp³-hybridized carbons (Fsp3) is 0.500. The van der Waals surface area contributed by atoms with Gasteiger partial charge >= 0.3 is 5.69 Å². The largest absolute Gasteiger partial charge is 0.328 e. The molecule has 2 N–H and O–H groups in total. The minimum atomic E-state index is -0.506. The first kappa shape index (κ1) is 11.4. The Morgan fingerprint density at radius 3 is 2.33 bits per heavy atom. The van der Waals surface area contributed by atoms with Crippen LogP contribution in [0.25, 0.3) is 0 Å². The van der Waals surface area contributed by atoms with Gasteiger partial charge in [0, 0.05) is 17.4 Å². The summed E-state index contributed by atoms with van der Waals surface area (Å²) < 4.78 is 1.42. The van der Waals surface area contributed by atoms with E-state index < -0.39 is 16.8 Å². The second-order valence-electron chi connectivity index (χ2n) is 4.47. The summed E-state index contributed by atoms with van der Waals surface area (Å²) in [6, 6.07) is 0. The molecule has 0 saturated heterocycles. The molecule has 1 aromatic rings. The number of hydrogen-bond donors (Lipinski definition) is 2. The number of rotatable bonds is 1. The molecule has 0 unspecified atom stereocenters. The molecule has 0 aliphatic rings. The van der Waals surface area contributed by atoms with Crippen molar-refractivity contribution in [2.75, 3.05) is 0 Å². The van der Waals surface area contributed by atoms with Gasteiger partial charge in [0.15, 0.2) is 0 Å². The van der Waals surface area contributed by atoms with Crippen LogP contribution in [-0.2, 0) is 5.54 Å². The lowest BCUT2D eigenvalue weighted by molar-refractivity contribution is 0.376. The van der Waals surface area contributed by atoms with Crippen molar-refractivity contribution in [1.82, 2.24) is 9.55 Å². The third-order valence-electron chi connectivity index (χ3n) is 2.07. The Labute approximate surface area is 87.3 Å². The minimum absolute atomic E-state index is 0.147. The smallest absolute Gasteiger partial charge is 0.305 e. The Hall–Kier alpha value is -1.65. The zero-order valence-corrected chi connectivity index (χ0v) is 9.34. The van der Waals surface area contributed by atoms with E-state index in [2.05, 4.69) is 4.98 Å². The van der Waals surface area contributed by atoms with Crippen LogP contribution < -0.4 is 11.2 Å². The molecule has 82 valence electrons. The number of aromatic amines is 1. The van der Waals surface area contributed by atoms with Crippen LogP contribution in [0.1, 0.15) is 33.3 Å². The second kappa shape index (κ2) is 3.49. The highest BCUT2D eigenvalue weighted by Crippen LogP contribution is 2.09. The summed E-state index contributed by atoms with van der Waals surface area (Å²) in [6.07, 6.45) is 1.43.